The van der Waals surface area contributed by atoms with Crippen molar-refractivity contribution < 1.29 is 9.00 Å². The van der Waals surface area contributed by atoms with E-state index in [-0.39, 0.29) is 11.2 Å². The Kier molecular flexibility index (Phi) is 9.60. The summed E-state index contributed by atoms with van der Waals surface area (Å²) >= 11 is 0. The number of anilines is 1. The molecule has 0 spiro atoms. The van der Waals surface area contributed by atoms with Crippen LogP contribution in [0, 0.1) is 0 Å². The molecule has 1 aliphatic carbocycles. The molecule has 1 amide bonds. The topological polar surface area (TPSA) is 85.8 Å². The molecule has 7 nitrogen and oxygen atoms in total. The summed E-state index contributed by atoms with van der Waals surface area (Å²) in [5, 5.41) is 10.0. The molecule has 1 saturated carbocycles. The van der Waals surface area contributed by atoms with Crippen LogP contribution in [0.2, 0.25) is 0 Å². The zero-order chi connectivity index (χ0) is 21.2. The van der Waals surface area contributed by atoms with Crippen LogP contribution >= 0.6 is 0 Å². The Morgan fingerprint density at radius 1 is 1.31 bits per heavy atom. The van der Waals surface area contributed by atoms with Crippen molar-refractivity contribution in [3.63, 3.8) is 0 Å². The van der Waals surface area contributed by atoms with E-state index in [0.29, 0.717) is 19.1 Å². The number of hydrogen-bond donors (Lipinski definition) is 3. The van der Waals surface area contributed by atoms with E-state index in [2.05, 4.69) is 20.9 Å². The van der Waals surface area contributed by atoms with Gasteiger partial charge >= 0.3 is 0 Å². The average molecular weight is 422 g/mol. The van der Waals surface area contributed by atoms with Crippen molar-refractivity contribution in [3.05, 3.63) is 29.8 Å². The van der Waals surface area contributed by atoms with Gasteiger partial charge in [0.1, 0.15) is 0 Å². The van der Waals surface area contributed by atoms with Gasteiger partial charge in [-0.2, -0.15) is 0 Å². The van der Waals surface area contributed by atoms with Gasteiger partial charge in [0, 0.05) is 47.1 Å². The van der Waals surface area contributed by atoms with Crippen LogP contribution in [0.25, 0.3) is 0 Å². The highest BCUT2D eigenvalue weighted by molar-refractivity contribution is 7.85. The van der Waals surface area contributed by atoms with E-state index in [1.807, 2.05) is 50.2 Å². The molecule has 1 fully saturated rings. The molecule has 3 atom stereocenters. The first kappa shape index (κ1) is 23.3. The van der Waals surface area contributed by atoms with E-state index < -0.39 is 10.8 Å². The average Bonchev–Trinajstić information content (AvgIpc) is 2.70. The second kappa shape index (κ2) is 11.9. The molecule has 1 aliphatic rings. The van der Waals surface area contributed by atoms with E-state index >= 15 is 0 Å². The fraction of sp³-hybridized carbons (Fsp3) is 0.619. The van der Waals surface area contributed by atoms with Crippen LogP contribution in [0.3, 0.4) is 0 Å². The van der Waals surface area contributed by atoms with Crippen molar-refractivity contribution in [2.24, 2.45) is 4.99 Å². The minimum Gasteiger partial charge on any atom is -0.354 e. The van der Waals surface area contributed by atoms with E-state index in [0.717, 1.165) is 48.6 Å². The van der Waals surface area contributed by atoms with Gasteiger partial charge in [0.05, 0.1) is 6.54 Å². The van der Waals surface area contributed by atoms with Gasteiger partial charge in [-0.25, -0.2) is 0 Å². The first-order valence-corrected chi connectivity index (χ1v) is 11.7. The lowest BCUT2D eigenvalue weighted by Crippen LogP contribution is -2.46. The van der Waals surface area contributed by atoms with Gasteiger partial charge in [-0.15, -0.1) is 0 Å². The van der Waals surface area contributed by atoms with Crippen molar-refractivity contribution in [3.8, 4) is 0 Å². The Balaban J connectivity index is 1.87. The number of nitrogens with zero attached hydrogens (tertiary/aromatic N) is 2. The number of likely N-dealkylation sites (N-methyl/N-ethyl adjacent to an activating group) is 1. The van der Waals surface area contributed by atoms with Crippen LogP contribution in [-0.4, -0.2) is 65.7 Å². The van der Waals surface area contributed by atoms with Crippen LogP contribution in [0.5, 0.6) is 0 Å². The highest BCUT2D eigenvalue weighted by atomic mass is 32.2. The van der Waals surface area contributed by atoms with Crippen molar-refractivity contribution in [2.75, 3.05) is 38.8 Å². The maximum atomic E-state index is 12.2. The first-order valence-electron chi connectivity index (χ1n) is 10.3. The molecule has 29 heavy (non-hydrogen) atoms. The summed E-state index contributed by atoms with van der Waals surface area (Å²) < 4.78 is 12.2. The number of carbonyl (C=O) groups excluding carboxylic acids is 1. The number of amides is 1. The summed E-state index contributed by atoms with van der Waals surface area (Å²) in [5.41, 5.74) is 1.85. The smallest absolute Gasteiger partial charge is 0.238 e. The molecular weight excluding hydrogens is 386 g/mol. The number of guanidine groups is 1. The van der Waals surface area contributed by atoms with Crippen molar-refractivity contribution in [1.29, 1.82) is 0 Å². The fourth-order valence-corrected chi connectivity index (χ4v) is 4.92. The molecule has 0 heterocycles. The highest BCUT2D eigenvalue weighted by Crippen LogP contribution is 2.23. The Labute approximate surface area is 177 Å². The molecule has 1 aromatic rings. The molecule has 1 aromatic carbocycles. The molecule has 0 aliphatic heterocycles. The van der Waals surface area contributed by atoms with Crippen molar-refractivity contribution >= 4 is 28.4 Å². The van der Waals surface area contributed by atoms with Crippen LogP contribution in [0.15, 0.2) is 29.3 Å². The molecule has 0 aromatic heterocycles. The molecule has 162 valence electrons. The monoisotopic (exact) mass is 421 g/mol. The summed E-state index contributed by atoms with van der Waals surface area (Å²) in [6.07, 6.45) is 4.15. The van der Waals surface area contributed by atoms with Gasteiger partial charge in [-0.05, 0) is 51.1 Å². The molecule has 8 heteroatoms. The van der Waals surface area contributed by atoms with E-state index in [1.165, 1.54) is 0 Å². The third-order valence-corrected chi connectivity index (χ3v) is 6.72. The molecule has 0 saturated heterocycles. The maximum Gasteiger partial charge on any atom is 0.238 e. The Hall–Kier alpha value is -1.93. The van der Waals surface area contributed by atoms with E-state index in [1.54, 1.807) is 7.05 Å². The maximum absolute atomic E-state index is 12.2. The Morgan fingerprint density at radius 2 is 2.10 bits per heavy atom. The van der Waals surface area contributed by atoms with Crippen LogP contribution < -0.4 is 16.0 Å². The normalized spacial score (nSPS) is 20.9. The largest absolute Gasteiger partial charge is 0.354 e. The SMILES string of the molecule is CCS(=O)C1CCCC(NC(=NC)NCc2cccc(NC(=O)CN(C)C)c2)C1. The predicted octanol–water partition coefficient (Wildman–Crippen LogP) is 1.93. The third-order valence-electron chi connectivity index (χ3n) is 4.98. The predicted molar refractivity (Wildman–Crippen MR) is 122 cm³/mol. The Morgan fingerprint density at radius 3 is 2.79 bits per heavy atom. The van der Waals surface area contributed by atoms with Crippen molar-refractivity contribution in [1.82, 2.24) is 15.5 Å². The van der Waals surface area contributed by atoms with Crippen LogP contribution in [0.1, 0.15) is 38.2 Å². The van der Waals surface area contributed by atoms with Gasteiger partial charge in [0.15, 0.2) is 5.96 Å². The van der Waals surface area contributed by atoms with Gasteiger partial charge in [-0.1, -0.05) is 25.5 Å². The molecular formula is C21H35N5O2S. The summed E-state index contributed by atoms with van der Waals surface area (Å²) in [6.45, 7) is 2.95. The summed E-state index contributed by atoms with van der Waals surface area (Å²) in [5.74, 6) is 1.44. The number of carbonyl (C=O) groups is 1. The fourth-order valence-electron chi connectivity index (χ4n) is 3.57. The molecule has 3 unspecified atom stereocenters. The Bertz CT molecular complexity index is 723. The van der Waals surface area contributed by atoms with E-state index in [9.17, 15) is 9.00 Å². The number of nitrogens with one attached hydrogen (secondary N) is 3. The second-order valence-corrected chi connectivity index (χ2v) is 9.72. The van der Waals surface area contributed by atoms with Crippen LogP contribution in [0.4, 0.5) is 5.69 Å². The molecule has 0 radical (unpaired) electrons. The standard InChI is InChI=1S/C21H35N5O2S/c1-5-29(28)19-11-7-10-18(13-19)25-21(22-2)23-14-16-8-6-9-17(12-16)24-20(27)15-26(3)4/h6,8-9,12,18-19H,5,7,10-11,13-15H2,1-4H3,(H,24,27)(H2,22,23,25). The molecule has 0 bridgehead atoms. The number of hydrogen-bond acceptors (Lipinski definition) is 4. The first-order chi connectivity index (χ1) is 13.9. The number of rotatable bonds is 8. The lowest BCUT2D eigenvalue weighted by atomic mass is 9.95. The number of aliphatic imine (C=N–C) groups is 1. The molecule has 2 rings (SSSR count). The quantitative estimate of drug-likeness (QED) is 0.441. The highest BCUT2D eigenvalue weighted by Gasteiger charge is 2.26. The van der Waals surface area contributed by atoms with Gasteiger partial charge in [-0.3, -0.25) is 14.0 Å². The number of benzene rings is 1. The minimum absolute atomic E-state index is 0.0334. The summed E-state index contributed by atoms with van der Waals surface area (Å²) in [7, 11) is 4.76. The van der Waals surface area contributed by atoms with Crippen molar-refractivity contribution in [2.45, 2.75) is 50.4 Å². The van der Waals surface area contributed by atoms with E-state index in [4.69, 9.17) is 0 Å². The second-order valence-electron chi connectivity index (χ2n) is 7.71. The summed E-state index contributed by atoms with van der Waals surface area (Å²) in [6, 6.07) is 8.11. The zero-order valence-corrected chi connectivity index (χ0v) is 18.8. The van der Waals surface area contributed by atoms with Gasteiger partial charge < -0.3 is 20.9 Å². The summed E-state index contributed by atoms with van der Waals surface area (Å²) in [4.78, 5) is 18.1. The third kappa shape index (κ3) is 8.14. The lowest BCUT2D eigenvalue weighted by Gasteiger charge is -2.30. The lowest BCUT2D eigenvalue weighted by molar-refractivity contribution is -0.116. The van der Waals surface area contributed by atoms with Gasteiger partial charge in [0.2, 0.25) is 5.91 Å². The zero-order valence-electron chi connectivity index (χ0n) is 18.0. The van der Waals surface area contributed by atoms with Crippen LogP contribution in [-0.2, 0) is 22.1 Å². The minimum atomic E-state index is -0.734. The molecule has 3 N–H and O–H groups in total. The van der Waals surface area contributed by atoms with Gasteiger partial charge in [0.25, 0.3) is 0 Å².